The molecule has 138 valence electrons. The Morgan fingerprint density at radius 2 is 1.31 bits per heavy atom. The molecular weight excluding hydrogens is 354 g/mol. The summed E-state index contributed by atoms with van der Waals surface area (Å²) in [7, 11) is 0. The number of nitrogens with zero attached hydrogens (tertiary/aromatic N) is 3. The highest BCUT2D eigenvalue weighted by Gasteiger charge is 2.61. The third-order valence-electron chi connectivity index (χ3n) is 6.27. The molecule has 0 aliphatic carbocycles. The van der Waals surface area contributed by atoms with E-state index in [1.165, 1.54) is 0 Å². The largest absolute Gasteiger partial charge is 0.340 e. The number of nitriles is 2. The van der Waals surface area contributed by atoms with Crippen LogP contribution in [0.5, 0.6) is 0 Å². The first-order valence-corrected chi connectivity index (χ1v) is 9.78. The standard InChI is InChI=1S/C26H19N3/c27-17-26(18-28)24(21-12-5-2-6-13-21)23(20-10-3-1-4-11-20)25-22-14-8-7-9-19(22)15-16-29(25)26/h1-16,23-25H/t23-,24-,25+/m0/s1. The zero-order valence-corrected chi connectivity index (χ0v) is 15.8. The van der Waals surface area contributed by atoms with Crippen molar-refractivity contribution >= 4 is 6.08 Å². The third kappa shape index (κ3) is 2.42. The van der Waals surface area contributed by atoms with E-state index >= 15 is 0 Å². The lowest BCUT2D eigenvalue weighted by Crippen LogP contribution is -2.43. The lowest BCUT2D eigenvalue weighted by molar-refractivity contribution is 0.255. The third-order valence-corrected chi connectivity index (χ3v) is 6.27. The molecular formula is C26H19N3. The second-order valence-corrected chi connectivity index (χ2v) is 7.61. The Labute approximate surface area is 170 Å². The van der Waals surface area contributed by atoms with Gasteiger partial charge in [-0.1, -0.05) is 84.9 Å². The highest BCUT2D eigenvalue weighted by molar-refractivity contribution is 5.62. The lowest BCUT2D eigenvalue weighted by Gasteiger charge is -2.35. The maximum absolute atomic E-state index is 10.4. The van der Waals surface area contributed by atoms with E-state index in [0.29, 0.717) is 0 Å². The van der Waals surface area contributed by atoms with E-state index in [-0.39, 0.29) is 17.9 Å². The van der Waals surface area contributed by atoms with Crippen molar-refractivity contribution in [1.82, 2.24) is 4.90 Å². The second kappa shape index (κ2) is 6.66. The first-order chi connectivity index (χ1) is 14.3. The first-order valence-electron chi connectivity index (χ1n) is 9.78. The fourth-order valence-electron chi connectivity index (χ4n) is 5.08. The molecule has 0 saturated carbocycles. The van der Waals surface area contributed by atoms with Crippen LogP contribution in [0.3, 0.4) is 0 Å². The summed E-state index contributed by atoms with van der Waals surface area (Å²) in [6.07, 6.45) is 3.96. The van der Waals surface area contributed by atoms with E-state index in [1.807, 2.05) is 77.8 Å². The molecule has 5 rings (SSSR count). The van der Waals surface area contributed by atoms with Gasteiger partial charge >= 0.3 is 0 Å². The molecule has 0 spiro atoms. The number of fused-ring (bicyclic) bond motifs is 3. The highest BCUT2D eigenvalue weighted by atomic mass is 15.3. The molecule has 2 aliphatic heterocycles. The van der Waals surface area contributed by atoms with Crippen molar-refractivity contribution in [2.75, 3.05) is 0 Å². The molecule has 0 aromatic heterocycles. The van der Waals surface area contributed by atoms with E-state index in [2.05, 4.69) is 36.4 Å². The highest BCUT2D eigenvalue weighted by Crippen LogP contribution is 2.60. The Balaban J connectivity index is 1.82. The van der Waals surface area contributed by atoms with Gasteiger partial charge in [0.2, 0.25) is 5.54 Å². The van der Waals surface area contributed by atoms with Gasteiger partial charge in [0.1, 0.15) is 12.1 Å². The van der Waals surface area contributed by atoms with Crippen LogP contribution in [0.1, 0.15) is 40.1 Å². The minimum absolute atomic E-state index is 0.0241. The summed E-state index contributed by atoms with van der Waals surface area (Å²) < 4.78 is 0. The fraction of sp³-hybridized carbons (Fsp3) is 0.154. The molecule has 0 radical (unpaired) electrons. The maximum atomic E-state index is 10.4. The molecule has 3 atom stereocenters. The maximum Gasteiger partial charge on any atom is 0.222 e. The smallest absolute Gasteiger partial charge is 0.222 e. The van der Waals surface area contributed by atoms with E-state index in [9.17, 15) is 10.5 Å². The zero-order valence-electron chi connectivity index (χ0n) is 15.8. The van der Waals surface area contributed by atoms with Crippen molar-refractivity contribution in [2.45, 2.75) is 23.4 Å². The number of rotatable bonds is 2. The summed E-state index contributed by atoms with van der Waals surface area (Å²) in [6, 6.07) is 33.4. The molecule has 3 aromatic carbocycles. The Morgan fingerprint density at radius 3 is 1.97 bits per heavy atom. The molecule has 0 bridgehead atoms. The van der Waals surface area contributed by atoms with Crippen molar-refractivity contribution in [1.29, 1.82) is 10.5 Å². The number of hydrogen-bond donors (Lipinski definition) is 0. The van der Waals surface area contributed by atoms with Crippen LogP contribution in [0.15, 0.2) is 91.1 Å². The lowest BCUT2D eigenvalue weighted by atomic mass is 9.72. The van der Waals surface area contributed by atoms with E-state index < -0.39 is 5.54 Å². The predicted molar refractivity (Wildman–Crippen MR) is 112 cm³/mol. The number of benzene rings is 3. The Bertz CT molecular complexity index is 1140. The van der Waals surface area contributed by atoms with Crippen molar-refractivity contribution in [3.63, 3.8) is 0 Å². The fourth-order valence-corrected chi connectivity index (χ4v) is 5.08. The van der Waals surface area contributed by atoms with Crippen LogP contribution in [0.4, 0.5) is 0 Å². The van der Waals surface area contributed by atoms with Gasteiger partial charge in [0, 0.05) is 18.0 Å². The normalized spacial score (nSPS) is 23.5. The van der Waals surface area contributed by atoms with Crippen LogP contribution < -0.4 is 0 Å². The van der Waals surface area contributed by atoms with Gasteiger partial charge in [-0.05, 0) is 28.3 Å². The van der Waals surface area contributed by atoms with Gasteiger partial charge in [0.05, 0.1) is 6.04 Å². The van der Waals surface area contributed by atoms with Gasteiger partial charge in [-0.3, -0.25) is 0 Å². The first kappa shape index (κ1) is 17.3. The zero-order chi connectivity index (χ0) is 19.8. The monoisotopic (exact) mass is 373 g/mol. The van der Waals surface area contributed by atoms with E-state index in [1.54, 1.807) is 0 Å². The molecule has 1 saturated heterocycles. The SMILES string of the molecule is N#CC1(C#N)[C@@H](c2ccccc2)[C@H](c2ccccc2)[C@H]2c3ccccc3C=CN21. The Hall–Kier alpha value is -3.82. The summed E-state index contributed by atoms with van der Waals surface area (Å²) in [5.74, 6) is -0.300. The summed E-state index contributed by atoms with van der Waals surface area (Å²) in [5.41, 5.74) is 3.19. The molecule has 1 fully saturated rings. The van der Waals surface area contributed by atoms with E-state index in [4.69, 9.17) is 0 Å². The minimum atomic E-state index is -1.28. The molecule has 2 aliphatic rings. The van der Waals surface area contributed by atoms with Crippen LogP contribution in [0.25, 0.3) is 6.08 Å². The van der Waals surface area contributed by atoms with Crippen molar-refractivity contribution in [2.24, 2.45) is 0 Å². The van der Waals surface area contributed by atoms with Crippen LogP contribution in [-0.4, -0.2) is 10.4 Å². The van der Waals surface area contributed by atoms with Gasteiger partial charge in [-0.25, -0.2) is 0 Å². The molecule has 0 amide bonds. The second-order valence-electron chi connectivity index (χ2n) is 7.61. The molecule has 2 heterocycles. The molecule has 29 heavy (non-hydrogen) atoms. The van der Waals surface area contributed by atoms with Gasteiger partial charge in [-0.2, -0.15) is 10.5 Å². The molecule has 0 N–H and O–H groups in total. The van der Waals surface area contributed by atoms with Crippen LogP contribution in [0.2, 0.25) is 0 Å². The summed E-state index contributed by atoms with van der Waals surface area (Å²) >= 11 is 0. The average Bonchev–Trinajstić information content (AvgIpc) is 3.11. The predicted octanol–water partition coefficient (Wildman–Crippen LogP) is 5.38. The quantitative estimate of drug-likeness (QED) is 0.606. The average molecular weight is 373 g/mol. The molecule has 0 unspecified atom stereocenters. The van der Waals surface area contributed by atoms with Crippen molar-refractivity contribution in [3.8, 4) is 12.1 Å². The van der Waals surface area contributed by atoms with Crippen molar-refractivity contribution in [3.05, 3.63) is 113 Å². The molecule has 3 heteroatoms. The van der Waals surface area contributed by atoms with E-state index in [0.717, 1.165) is 22.3 Å². The number of hydrogen-bond acceptors (Lipinski definition) is 3. The summed E-state index contributed by atoms with van der Waals surface area (Å²) in [6.45, 7) is 0. The van der Waals surface area contributed by atoms with Crippen LogP contribution >= 0.6 is 0 Å². The van der Waals surface area contributed by atoms with Crippen LogP contribution in [-0.2, 0) is 0 Å². The van der Waals surface area contributed by atoms with Gasteiger partial charge in [-0.15, -0.1) is 0 Å². The van der Waals surface area contributed by atoms with Crippen molar-refractivity contribution < 1.29 is 0 Å². The van der Waals surface area contributed by atoms with Gasteiger partial charge < -0.3 is 4.90 Å². The minimum Gasteiger partial charge on any atom is -0.340 e. The Kier molecular flexibility index (Phi) is 3.97. The van der Waals surface area contributed by atoms with Gasteiger partial charge in [0.15, 0.2) is 0 Å². The Morgan fingerprint density at radius 1 is 0.724 bits per heavy atom. The molecule has 3 nitrogen and oxygen atoms in total. The van der Waals surface area contributed by atoms with Gasteiger partial charge in [0.25, 0.3) is 0 Å². The van der Waals surface area contributed by atoms with Crippen LogP contribution in [0, 0.1) is 22.7 Å². The molecule has 3 aromatic rings. The topological polar surface area (TPSA) is 50.8 Å². The summed E-state index contributed by atoms with van der Waals surface area (Å²) in [4.78, 5) is 1.99. The summed E-state index contributed by atoms with van der Waals surface area (Å²) in [5, 5.41) is 20.7.